The van der Waals surface area contributed by atoms with E-state index in [-0.39, 0.29) is 25.4 Å². The number of hydrogen-bond acceptors (Lipinski definition) is 5. The Bertz CT molecular complexity index is 400. The Hall–Kier alpha value is -1.21. The fourth-order valence-corrected chi connectivity index (χ4v) is 1.56. The molecule has 1 aromatic carbocycles. The Morgan fingerprint density at radius 1 is 1.53 bits per heavy atom. The largest absolute Gasteiger partial charge is 0.394 e. The molecular weight excluding hydrogens is 248 g/mol. The molecule has 0 aliphatic carbocycles. The molecule has 6 nitrogen and oxygen atoms in total. The standard InChI is InChI=1S/C10H13ClN2O4/c11-9-2-1-3-10(13(16)17)8(9)5-12-4-7(15)6-14/h1-3,7,12,14-15H,4-6H2. The second kappa shape index (κ2) is 6.51. The number of nitrogens with one attached hydrogen (secondary N) is 1. The molecule has 1 aromatic rings. The van der Waals surface area contributed by atoms with Crippen molar-refractivity contribution < 1.29 is 15.1 Å². The van der Waals surface area contributed by atoms with Gasteiger partial charge in [-0.2, -0.15) is 0 Å². The highest BCUT2D eigenvalue weighted by atomic mass is 35.5. The summed E-state index contributed by atoms with van der Waals surface area (Å²) in [5, 5.41) is 31.6. The molecule has 0 radical (unpaired) electrons. The first kappa shape index (κ1) is 13.9. The maximum atomic E-state index is 10.8. The van der Waals surface area contributed by atoms with Crippen molar-refractivity contribution in [1.29, 1.82) is 0 Å². The van der Waals surface area contributed by atoms with Crippen LogP contribution < -0.4 is 5.32 Å². The summed E-state index contributed by atoms with van der Waals surface area (Å²) >= 11 is 5.87. The molecule has 1 rings (SSSR count). The van der Waals surface area contributed by atoms with Crippen LogP contribution in [0.25, 0.3) is 0 Å². The van der Waals surface area contributed by atoms with Crippen molar-refractivity contribution in [3.8, 4) is 0 Å². The zero-order valence-electron chi connectivity index (χ0n) is 8.97. The summed E-state index contributed by atoms with van der Waals surface area (Å²) in [4.78, 5) is 10.2. The van der Waals surface area contributed by atoms with Gasteiger partial charge in [-0.3, -0.25) is 10.1 Å². The molecule has 1 atom stereocenters. The monoisotopic (exact) mass is 260 g/mol. The van der Waals surface area contributed by atoms with Crippen LogP contribution in [0.5, 0.6) is 0 Å². The fraction of sp³-hybridized carbons (Fsp3) is 0.400. The first-order valence-electron chi connectivity index (χ1n) is 4.97. The van der Waals surface area contributed by atoms with Crippen molar-refractivity contribution in [2.75, 3.05) is 13.2 Å². The molecular formula is C10H13ClN2O4. The van der Waals surface area contributed by atoms with Crippen LogP contribution >= 0.6 is 11.6 Å². The molecule has 3 N–H and O–H groups in total. The topological polar surface area (TPSA) is 95.6 Å². The number of aliphatic hydroxyl groups is 2. The second-order valence-corrected chi connectivity index (χ2v) is 3.87. The molecule has 0 spiro atoms. The third-order valence-electron chi connectivity index (χ3n) is 2.18. The van der Waals surface area contributed by atoms with Crippen LogP contribution in [-0.2, 0) is 6.54 Å². The molecule has 0 aliphatic heterocycles. The number of rotatable bonds is 6. The van der Waals surface area contributed by atoms with Gasteiger partial charge in [-0.1, -0.05) is 17.7 Å². The minimum atomic E-state index is -0.892. The van der Waals surface area contributed by atoms with Gasteiger partial charge in [0.15, 0.2) is 0 Å². The highest BCUT2D eigenvalue weighted by Gasteiger charge is 2.16. The Balaban J connectivity index is 2.72. The van der Waals surface area contributed by atoms with Crippen molar-refractivity contribution >= 4 is 17.3 Å². The number of halogens is 1. The van der Waals surface area contributed by atoms with Gasteiger partial charge in [-0.05, 0) is 6.07 Å². The van der Waals surface area contributed by atoms with E-state index in [1.807, 2.05) is 0 Å². The van der Waals surface area contributed by atoms with Gasteiger partial charge in [0.25, 0.3) is 5.69 Å². The number of nitrogens with zero attached hydrogens (tertiary/aromatic N) is 1. The normalized spacial score (nSPS) is 12.4. The minimum Gasteiger partial charge on any atom is -0.394 e. The van der Waals surface area contributed by atoms with E-state index < -0.39 is 11.0 Å². The minimum absolute atomic E-state index is 0.0662. The van der Waals surface area contributed by atoms with Crippen LogP contribution in [0.3, 0.4) is 0 Å². The summed E-state index contributed by atoms with van der Waals surface area (Å²) in [5.41, 5.74) is 0.299. The summed E-state index contributed by atoms with van der Waals surface area (Å²) in [5.74, 6) is 0. The van der Waals surface area contributed by atoms with Crippen molar-refractivity contribution in [3.63, 3.8) is 0 Å². The Morgan fingerprint density at radius 2 is 2.24 bits per heavy atom. The van der Waals surface area contributed by atoms with Gasteiger partial charge in [0.2, 0.25) is 0 Å². The van der Waals surface area contributed by atoms with Gasteiger partial charge in [-0.25, -0.2) is 0 Å². The van der Waals surface area contributed by atoms with Crippen LogP contribution in [0, 0.1) is 10.1 Å². The molecule has 0 aromatic heterocycles. The van der Waals surface area contributed by atoms with Crippen molar-refractivity contribution in [1.82, 2.24) is 5.32 Å². The predicted molar refractivity (Wildman–Crippen MR) is 62.9 cm³/mol. The van der Waals surface area contributed by atoms with E-state index in [4.69, 9.17) is 21.8 Å². The number of benzene rings is 1. The maximum Gasteiger partial charge on any atom is 0.275 e. The van der Waals surface area contributed by atoms with E-state index in [0.29, 0.717) is 10.6 Å². The van der Waals surface area contributed by atoms with E-state index in [1.165, 1.54) is 12.1 Å². The summed E-state index contributed by atoms with van der Waals surface area (Å²) in [6.45, 7) is -0.0659. The first-order valence-corrected chi connectivity index (χ1v) is 5.35. The quantitative estimate of drug-likeness (QED) is 0.517. The van der Waals surface area contributed by atoms with E-state index in [0.717, 1.165) is 0 Å². The Kier molecular flexibility index (Phi) is 5.30. The lowest BCUT2D eigenvalue weighted by Crippen LogP contribution is -2.29. The summed E-state index contributed by atoms with van der Waals surface area (Å²) < 4.78 is 0. The molecule has 1 unspecified atom stereocenters. The molecule has 0 heterocycles. The highest BCUT2D eigenvalue weighted by Crippen LogP contribution is 2.25. The van der Waals surface area contributed by atoms with Gasteiger partial charge >= 0.3 is 0 Å². The molecule has 17 heavy (non-hydrogen) atoms. The van der Waals surface area contributed by atoms with Gasteiger partial charge in [0.05, 0.1) is 28.2 Å². The van der Waals surface area contributed by atoms with Crippen molar-refractivity contribution in [3.05, 3.63) is 38.9 Å². The van der Waals surface area contributed by atoms with E-state index in [9.17, 15) is 10.1 Å². The van der Waals surface area contributed by atoms with E-state index in [2.05, 4.69) is 5.32 Å². The Morgan fingerprint density at radius 3 is 2.82 bits per heavy atom. The van der Waals surface area contributed by atoms with Crippen LogP contribution in [-0.4, -0.2) is 34.4 Å². The lowest BCUT2D eigenvalue weighted by atomic mass is 10.1. The third kappa shape index (κ3) is 3.94. The molecule has 0 bridgehead atoms. The lowest BCUT2D eigenvalue weighted by molar-refractivity contribution is -0.385. The highest BCUT2D eigenvalue weighted by molar-refractivity contribution is 6.31. The van der Waals surface area contributed by atoms with Crippen molar-refractivity contribution in [2.24, 2.45) is 0 Å². The molecule has 0 saturated carbocycles. The molecule has 0 aliphatic rings. The number of nitro groups is 1. The summed E-state index contributed by atoms with van der Waals surface area (Å²) in [6, 6.07) is 4.44. The third-order valence-corrected chi connectivity index (χ3v) is 2.54. The van der Waals surface area contributed by atoms with E-state index >= 15 is 0 Å². The summed E-state index contributed by atoms with van der Waals surface area (Å²) in [6.07, 6.45) is -0.892. The summed E-state index contributed by atoms with van der Waals surface area (Å²) in [7, 11) is 0. The second-order valence-electron chi connectivity index (χ2n) is 3.46. The SMILES string of the molecule is O=[N+]([O-])c1cccc(Cl)c1CNCC(O)CO. The van der Waals surface area contributed by atoms with Gasteiger partial charge < -0.3 is 15.5 Å². The molecule has 0 amide bonds. The van der Waals surface area contributed by atoms with E-state index in [1.54, 1.807) is 6.07 Å². The van der Waals surface area contributed by atoms with Gasteiger partial charge in [0.1, 0.15) is 0 Å². The lowest BCUT2D eigenvalue weighted by Gasteiger charge is -2.10. The number of hydrogen-bond donors (Lipinski definition) is 3. The van der Waals surface area contributed by atoms with Crippen LogP contribution in [0.4, 0.5) is 5.69 Å². The first-order chi connectivity index (χ1) is 8.06. The molecule has 7 heteroatoms. The molecule has 94 valence electrons. The number of nitro benzene ring substituents is 1. The van der Waals surface area contributed by atoms with Gasteiger partial charge in [0, 0.05) is 19.2 Å². The predicted octanol–water partition coefficient (Wildman–Crippen LogP) is 0.691. The number of aliphatic hydroxyl groups excluding tert-OH is 2. The van der Waals surface area contributed by atoms with Crippen LogP contribution in [0.15, 0.2) is 18.2 Å². The van der Waals surface area contributed by atoms with Crippen LogP contribution in [0.1, 0.15) is 5.56 Å². The smallest absolute Gasteiger partial charge is 0.275 e. The van der Waals surface area contributed by atoms with Crippen molar-refractivity contribution in [2.45, 2.75) is 12.6 Å². The Labute approximate surface area is 103 Å². The molecule has 0 saturated heterocycles. The van der Waals surface area contributed by atoms with Gasteiger partial charge in [-0.15, -0.1) is 0 Å². The fourth-order valence-electron chi connectivity index (χ4n) is 1.32. The average Bonchev–Trinajstić information content (AvgIpc) is 2.30. The maximum absolute atomic E-state index is 10.8. The van der Waals surface area contributed by atoms with Crippen LogP contribution in [0.2, 0.25) is 5.02 Å². The zero-order valence-corrected chi connectivity index (χ0v) is 9.72. The zero-order chi connectivity index (χ0) is 12.8. The average molecular weight is 261 g/mol. The molecule has 0 fully saturated rings.